The average molecular weight is 327 g/mol. The van der Waals surface area contributed by atoms with Crippen LogP contribution in [0.4, 0.5) is 5.82 Å². The van der Waals surface area contributed by atoms with Crippen LogP contribution in [0.3, 0.4) is 0 Å². The van der Waals surface area contributed by atoms with Crippen LogP contribution in [-0.4, -0.2) is 44.7 Å². The Morgan fingerprint density at radius 2 is 1.96 bits per heavy atom. The third kappa shape index (κ3) is 3.65. The van der Waals surface area contributed by atoms with Crippen molar-refractivity contribution >= 4 is 17.8 Å². The van der Waals surface area contributed by atoms with E-state index in [9.17, 15) is 19.7 Å². The zero-order valence-corrected chi connectivity index (χ0v) is 12.9. The maximum atomic E-state index is 11.4. The van der Waals surface area contributed by atoms with Crippen LogP contribution in [-0.2, 0) is 23.8 Å². The second-order valence-corrected chi connectivity index (χ2v) is 5.06. The average Bonchev–Trinajstić information content (AvgIpc) is 3.04. The summed E-state index contributed by atoms with van der Waals surface area (Å²) in [4.78, 5) is 36.4. The first-order valence-corrected chi connectivity index (χ1v) is 7.01. The van der Waals surface area contributed by atoms with Gasteiger partial charge in [0.25, 0.3) is 0 Å². The molecule has 1 aliphatic heterocycles. The molecule has 0 amide bonds. The molecule has 1 aromatic rings. The molecule has 23 heavy (non-hydrogen) atoms. The molecule has 0 N–H and O–H groups in total. The molecule has 1 saturated heterocycles. The van der Waals surface area contributed by atoms with Crippen molar-refractivity contribution < 1.29 is 28.7 Å². The molecule has 0 saturated carbocycles. The van der Waals surface area contributed by atoms with Gasteiger partial charge in [-0.2, -0.15) is 0 Å². The van der Waals surface area contributed by atoms with Crippen LogP contribution < -0.4 is 0 Å². The minimum atomic E-state index is -0.921. The summed E-state index contributed by atoms with van der Waals surface area (Å²) in [5.74, 6) is -1.47. The van der Waals surface area contributed by atoms with Gasteiger partial charge in [0.1, 0.15) is 12.3 Å². The number of carbonyl (C=O) groups is 2. The number of hydrogen-bond donors (Lipinski definition) is 0. The molecule has 4 unspecified atom stereocenters. The molecular weight excluding hydrogens is 310 g/mol. The number of imidazole rings is 1. The van der Waals surface area contributed by atoms with E-state index >= 15 is 0 Å². The SMILES string of the molecule is CCC1OC(n2cnc([N+](=O)[O-])c2)C(OC(C)=O)C1OC(C)=O. The van der Waals surface area contributed by atoms with E-state index in [2.05, 4.69) is 4.98 Å². The summed E-state index contributed by atoms with van der Waals surface area (Å²) in [6, 6.07) is 0. The van der Waals surface area contributed by atoms with Crippen LogP contribution in [0.2, 0.25) is 0 Å². The predicted molar refractivity (Wildman–Crippen MR) is 74.2 cm³/mol. The first-order chi connectivity index (χ1) is 10.8. The van der Waals surface area contributed by atoms with Gasteiger partial charge < -0.3 is 24.3 Å². The molecule has 10 heteroatoms. The lowest BCUT2D eigenvalue weighted by Crippen LogP contribution is -2.38. The molecule has 0 radical (unpaired) electrons. The molecular formula is C13H17N3O7. The Labute approximate surface area is 131 Å². The molecule has 1 fully saturated rings. The van der Waals surface area contributed by atoms with E-state index in [1.165, 1.54) is 30.9 Å². The summed E-state index contributed by atoms with van der Waals surface area (Å²) >= 11 is 0. The van der Waals surface area contributed by atoms with E-state index in [1.807, 2.05) is 6.92 Å². The second-order valence-electron chi connectivity index (χ2n) is 5.06. The lowest BCUT2D eigenvalue weighted by Gasteiger charge is -2.23. The largest absolute Gasteiger partial charge is 0.456 e. The topological polar surface area (TPSA) is 123 Å². The van der Waals surface area contributed by atoms with E-state index in [0.717, 1.165) is 0 Å². The smallest absolute Gasteiger partial charge is 0.381 e. The molecule has 2 rings (SSSR count). The van der Waals surface area contributed by atoms with Gasteiger partial charge in [0.15, 0.2) is 18.4 Å². The van der Waals surface area contributed by atoms with Crippen LogP contribution in [0, 0.1) is 10.1 Å². The number of carbonyl (C=O) groups excluding carboxylic acids is 2. The van der Waals surface area contributed by atoms with E-state index in [-0.39, 0.29) is 5.82 Å². The number of nitrogens with zero attached hydrogens (tertiary/aromatic N) is 3. The summed E-state index contributed by atoms with van der Waals surface area (Å²) in [7, 11) is 0. The zero-order valence-electron chi connectivity index (χ0n) is 12.9. The highest BCUT2D eigenvalue weighted by molar-refractivity contribution is 5.67. The lowest BCUT2D eigenvalue weighted by atomic mass is 10.1. The van der Waals surface area contributed by atoms with Crippen LogP contribution in [0.5, 0.6) is 0 Å². The minimum absolute atomic E-state index is 0.362. The number of aromatic nitrogens is 2. The number of rotatable bonds is 5. The van der Waals surface area contributed by atoms with Crippen LogP contribution in [0.25, 0.3) is 0 Å². The highest BCUT2D eigenvalue weighted by Gasteiger charge is 2.49. The Balaban J connectivity index is 2.33. The molecule has 4 atom stereocenters. The first-order valence-electron chi connectivity index (χ1n) is 7.01. The second kappa shape index (κ2) is 6.73. The quantitative estimate of drug-likeness (QED) is 0.445. The van der Waals surface area contributed by atoms with Gasteiger partial charge in [0, 0.05) is 13.8 Å². The number of ether oxygens (including phenoxy) is 3. The summed E-state index contributed by atoms with van der Waals surface area (Å²) in [6.07, 6.45) is -0.207. The van der Waals surface area contributed by atoms with Gasteiger partial charge in [-0.15, -0.1) is 0 Å². The third-order valence-corrected chi connectivity index (χ3v) is 3.36. The fourth-order valence-electron chi connectivity index (χ4n) is 2.49. The van der Waals surface area contributed by atoms with Gasteiger partial charge in [-0.3, -0.25) is 14.2 Å². The fraction of sp³-hybridized carbons (Fsp3) is 0.615. The standard InChI is InChI=1S/C13H17N3O7/c1-4-9-11(21-7(2)17)12(22-8(3)18)13(23-9)15-5-10(14-6-15)16(19)20/h5-6,9,11-13H,4H2,1-3H3. The van der Waals surface area contributed by atoms with E-state index in [4.69, 9.17) is 14.2 Å². The fourth-order valence-corrected chi connectivity index (χ4v) is 2.49. The molecule has 10 nitrogen and oxygen atoms in total. The first kappa shape index (κ1) is 16.9. The maximum Gasteiger partial charge on any atom is 0.381 e. The van der Waals surface area contributed by atoms with Gasteiger partial charge in [-0.05, 0) is 16.3 Å². The molecule has 0 spiro atoms. The normalized spacial score (nSPS) is 26.7. The maximum absolute atomic E-state index is 11.4. The van der Waals surface area contributed by atoms with Gasteiger partial charge in [-0.25, -0.2) is 0 Å². The molecule has 126 valence electrons. The monoisotopic (exact) mass is 327 g/mol. The number of hydrogen-bond acceptors (Lipinski definition) is 8. The molecule has 1 aromatic heterocycles. The molecule has 0 aromatic carbocycles. The van der Waals surface area contributed by atoms with Crippen molar-refractivity contribution in [2.75, 3.05) is 0 Å². The van der Waals surface area contributed by atoms with E-state index in [0.29, 0.717) is 6.42 Å². The van der Waals surface area contributed by atoms with Gasteiger partial charge in [-0.1, -0.05) is 6.92 Å². The predicted octanol–water partition coefficient (Wildman–Crippen LogP) is 0.962. The Kier molecular flexibility index (Phi) is 4.94. The Bertz CT molecular complexity index is 614. The Morgan fingerprint density at radius 1 is 1.35 bits per heavy atom. The van der Waals surface area contributed by atoms with Crippen molar-refractivity contribution in [2.24, 2.45) is 0 Å². The Morgan fingerprint density at radius 3 is 2.43 bits per heavy atom. The van der Waals surface area contributed by atoms with E-state index in [1.54, 1.807) is 0 Å². The van der Waals surface area contributed by atoms with Crippen molar-refractivity contribution in [3.8, 4) is 0 Å². The highest BCUT2D eigenvalue weighted by Crippen LogP contribution is 2.35. The van der Waals surface area contributed by atoms with Gasteiger partial charge >= 0.3 is 17.8 Å². The van der Waals surface area contributed by atoms with Crippen molar-refractivity contribution in [3.63, 3.8) is 0 Å². The van der Waals surface area contributed by atoms with Crippen molar-refractivity contribution in [2.45, 2.75) is 51.7 Å². The van der Waals surface area contributed by atoms with Gasteiger partial charge in [0.2, 0.25) is 6.33 Å². The van der Waals surface area contributed by atoms with Gasteiger partial charge in [0.05, 0.1) is 0 Å². The summed E-state index contributed by atoms with van der Waals surface area (Å²) < 4.78 is 17.6. The Hall–Kier alpha value is -2.49. The molecule has 2 heterocycles. The highest BCUT2D eigenvalue weighted by atomic mass is 16.6. The molecule has 0 bridgehead atoms. The van der Waals surface area contributed by atoms with Crippen LogP contribution >= 0.6 is 0 Å². The lowest BCUT2D eigenvalue weighted by molar-refractivity contribution is -0.389. The third-order valence-electron chi connectivity index (χ3n) is 3.36. The van der Waals surface area contributed by atoms with E-state index < -0.39 is 41.4 Å². The van der Waals surface area contributed by atoms with Crippen LogP contribution in [0.15, 0.2) is 12.5 Å². The minimum Gasteiger partial charge on any atom is -0.456 e. The number of esters is 2. The molecule has 1 aliphatic rings. The summed E-state index contributed by atoms with van der Waals surface area (Å²) in [5, 5.41) is 10.8. The number of nitro groups is 1. The van der Waals surface area contributed by atoms with Crippen molar-refractivity contribution in [1.82, 2.24) is 9.55 Å². The molecule has 0 aliphatic carbocycles. The van der Waals surface area contributed by atoms with Crippen LogP contribution in [0.1, 0.15) is 33.4 Å². The van der Waals surface area contributed by atoms with Crippen molar-refractivity contribution in [1.29, 1.82) is 0 Å². The van der Waals surface area contributed by atoms with Crippen molar-refractivity contribution in [3.05, 3.63) is 22.6 Å². The summed E-state index contributed by atoms with van der Waals surface area (Å²) in [5.41, 5.74) is 0. The zero-order chi connectivity index (χ0) is 17.1. The summed E-state index contributed by atoms with van der Waals surface area (Å²) in [6.45, 7) is 4.29.